The molecule has 1 N–H and O–H groups in total. The number of hydrogen-bond donors (Lipinski definition) is 1. The molecule has 2 saturated heterocycles. The van der Waals surface area contributed by atoms with Crippen LogP contribution in [-0.2, 0) is 4.84 Å². The van der Waals surface area contributed by atoms with Crippen molar-refractivity contribution in [2.75, 3.05) is 14.1 Å². The van der Waals surface area contributed by atoms with Crippen LogP contribution < -0.4 is 5.48 Å². The molecule has 2 aliphatic rings. The molecule has 0 aromatic carbocycles. The average molecular weight is 170 g/mol. The molecule has 2 fully saturated rings. The molecule has 12 heavy (non-hydrogen) atoms. The standard InChI is InChI=1S/C9H18N2O/c1-10-12-9-5-7-3-4-8(6-9)11(7)2/h7-10H,3-6H2,1-2H3/t7-,8+,9?. The fourth-order valence-electron chi connectivity index (χ4n) is 2.62. The summed E-state index contributed by atoms with van der Waals surface area (Å²) in [6, 6.07) is 1.56. The van der Waals surface area contributed by atoms with Crippen LogP contribution in [0.25, 0.3) is 0 Å². The topological polar surface area (TPSA) is 24.5 Å². The SMILES string of the molecule is CNOC1C[C@H]2CC[C@@H](C1)N2C. The fraction of sp³-hybridized carbons (Fsp3) is 1.00. The van der Waals surface area contributed by atoms with Gasteiger partial charge in [-0.2, -0.15) is 0 Å². The predicted octanol–water partition coefficient (Wildman–Crippen LogP) is 0.763. The van der Waals surface area contributed by atoms with Crippen molar-refractivity contribution < 1.29 is 4.84 Å². The lowest BCUT2D eigenvalue weighted by molar-refractivity contribution is -0.0576. The first kappa shape index (κ1) is 8.48. The third kappa shape index (κ3) is 1.37. The van der Waals surface area contributed by atoms with Crippen molar-refractivity contribution in [2.45, 2.75) is 43.9 Å². The summed E-state index contributed by atoms with van der Waals surface area (Å²) in [4.78, 5) is 7.96. The molecule has 2 aliphatic heterocycles. The van der Waals surface area contributed by atoms with Crippen molar-refractivity contribution >= 4 is 0 Å². The summed E-state index contributed by atoms with van der Waals surface area (Å²) < 4.78 is 0. The van der Waals surface area contributed by atoms with Crippen molar-refractivity contribution in [1.82, 2.24) is 10.4 Å². The van der Waals surface area contributed by atoms with Crippen molar-refractivity contribution in [3.8, 4) is 0 Å². The highest BCUT2D eigenvalue weighted by atomic mass is 16.7. The molecule has 0 amide bonds. The molecule has 3 nitrogen and oxygen atoms in total. The van der Waals surface area contributed by atoms with Crippen LogP contribution in [0.3, 0.4) is 0 Å². The molecular weight excluding hydrogens is 152 g/mol. The zero-order valence-corrected chi connectivity index (χ0v) is 7.92. The molecule has 2 bridgehead atoms. The van der Waals surface area contributed by atoms with Gasteiger partial charge in [0.15, 0.2) is 0 Å². The summed E-state index contributed by atoms with van der Waals surface area (Å²) in [5.74, 6) is 0. The summed E-state index contributed by atoms with van der Waals surface area (Å²) >= 11 is 0. The zero-order chi connectivity index (χ0) is 8.55. The molecule has 3 atom stereocenters. The van der Waals surface area contributed by atoms with E-state index in [1.165, 1.54) is 25.7 Å². The molecule has 0 spiro atoms. The lowest BCUT2D eigenvalue weighted by Crippen LogP contribution is -2.43. The molecule has 0 saturated carbocycles. The van der Waals surface area contributed by atoms with Crippen LogP contribution in [-0.4, -0.2) is 37.2 Å². The van der Waals surface area contributed by atoms with Crippen LogP contribution in [0.5, 0.6) is 0 Å². The minimum atomic E-state index is 0.448. The fourth-order valence-corrected chi connectivity index (χ4v) is 2.62. The molecule has 3 heteroatoms. The highest BCUT2D eigenvalue weighted by Gasteiger charge is 2.38. The van der Waals surface area contributed by atoms with Gasteiger partial charge in [-0.05, 0) is 32.7 Å². The van der Waals surface area contributed by atoms with Gasteiger partial charge in [-0.1, -0.05) is 0 Å². The Labute approximate surface area is 74.0 Å². The Balaban J connectivity index is 1.93. The van der Waals surface area contributed by atoms with E-state index in [4.69, 9.17) is 4.84 Å². The van der Waals surface area contributed by atoms with Gasteiger partial charge in [0, 0.05) is 19.1 Å². The van der Waals surface area contributed by atoms with Crippen molar-refractivity contribution in [1.29, 1.82) is 0 Å². The van der Waals surface area contributed by atoms with E-state index in [1.54, 1.807) is 0 Å². The van der Waals surface area contributed by atoms with E-state index < -0.39 is 0 Å². The Morgan fingerprint density at radius 1 is 1.25 bits per heavy atom. The molecule has 0 radical (unpaired) electrons. The van der Waals surface area contributed by atoms with Gasteiger partial charge in [0.1, 0.15) is 0 Å². The maximum absolute atomic E-state index is 5.44. The maximum atomic E-state index is 5.44. The first-order valence-corrected chi connectivity index (χ1v) is 4.85. The first-order valence-electron chi connectivity index (χ1n) is 4.85. The molecule has 2 rings (SSSR count). The monoisotopic (exact) mass is 170 g/mol. The number of rotatable bonds is 2. The summed E-state index contributed by atoms with van der Waals surface area (Å²) in [5.41, 5.74) is 2.80. The normalized spacial score (nSPS) is 42.0. The molecule has 1 unspecified atom stereocenters. The molecule has 2 heterocycles. The van der Waals surface area contributed by atoms with Crippen molar-refractivity contribution in [3.05, 3.63) is 0 Å². The van der Waals surface area contributed by atoms with E-state index in [0.717, 1.165) is 12.1 Å². The van der Waals surface area contributed by atoms with Crippen LogP contribution >= 0.6 is 0 Å². The second kappa shape index (κ2) is 3.32. The second-order valence-corrected chi connectivity index (χ2v) is 3.97. The van der Waals surface area contributed by atoms with E-state index in [1.807, 2.05) is 7.05 Å². The average Bonchev–Trinajstić information content (AvgIpc) is 2.33. The molecular formula is C9H18N2O. The quantitative estimate of drug-likeness (QED) is 0.619. The van der Waals surface area contributed by atoms with Gasteiger partial charge in [-0.25, -0.2) is 5.48 Å². The van der Waals surface area contributed by atoms with E-state index in [9.17, 15) is 0 Å². The van der Waals surface area contributed by atoms with Gasteiger partial charge in [-0.3, -0.25) is 4.84 Å². The molecule has 70 valence electrons. The van der Waals surface area contributed by atoms with Gasteiger partial charge in [0.2, 0.25) is 0 Å². The summed E-state index contributed by atoms with van der Waals surface area (Å²) in [7, 11) is 4.10. The minimum Gasteiger partial charge on any atom is -0.300 e. The number of piperidine rings is 1. The third-order valence-electron chi connectivity index (χ3n) is 3.34. The Morgan fingerprint density at radius 3 is 2.33 bits per heavy atom. The Hall–Kier alpha value is -0.120. The first-order chi connectivity index (χ1) is 5.81. The number of hydroxylamine groups is 1. The van der Waals surface area contributed by atoms with E-state index in [0.29, 0.717) is 6.10 Å². The van der Waals surface area contributed by atoms with Crippen molar-refractivity contribution in [3.63, 3.8) is 0 Å². The number of nitrogens with zero attached hydrogens (tertiary/aromatic N) is 1. The predicted molar refractivity (Wildman–Crippen MR) is 47.7 cm³/mol. The lowest BCUT2D eigenvalue weighted by Gasteiger charge is -2.35. The van der Waals surface area contributed by atoms with Crippen LogP contribution in [0.4, 0.5) is 0 Å². The molecule has 0 aliphatic carbocycles. The van der Waals surface area contributed by atoms with Gasteiger partial charge in [0.25, 0.3) is 0 Å². The number of nitrogens with one attached hydrogen (secondary N) is 1. The van der Waals surface area contributed by atoms with Gasteiger partial charge in [0.05, 0.1) is 6.10 Å². The van der Waals surface area contributed by atoms with Crippen LogP contribution in [0.2, 0.25) is 0 Å². The summed E-state index contributed by atoms with van der Waals surface area (Å²) in [6.07, 6.45) is 5.58. The Morgan fingerprint density at radius 2 is 1.83 bits per heavy atom. The summed E-state index contributed by atoms with van der Waals surface area (Å²) in [5, 5.41) is 0. The van der Waals surface area contributed by atoms with E-state index in [-0.39, 0.29) is 0 Å². The van der Waals surface area contributed by atoms with Crippen LogP contribution in [0, 0.1) is 0 Å². The highest BCUT2D eigenvalue weighted by Crippen LogP contribution is 2.34. The minimum absolute atomic E-state index is 0.448. The highest BCUT2D eigenvalue weighted by molar-refractivity contribution is 4.93. The third-order valence-corrected chi connectivity index (χ3v) is 3.34. The Bertz CT molecular complexity index is 149. The lowest BCUT2D eigenvalue weighted by atomic mass is 10.0. The zero-order valence-electron chi connectivity index (χ0n) is 7.92. The second-order valence-electron chi connectivity index (χ2n) is 3.97. The van der Waals surface area contributed by atoms with E-state index in [2.05, 4.69) is 17.4 Å². The molecule has 0 aromatic rings. The van der Waals surface area contributed by atoms with Crippen LogP contribution in [0.1, 0.15) is 25.7 Å². The van der Waals surface area contributed by atoms with E-state index >= 15 is 0 Å². The van der Waals surface area contributed by atoms with Gasteiger partial charge < -0.3 is 4.90 Å². The number of hydrogen-bond acceptors (Lipinski definition) is 3. The van der Waals surface area contributed by atoms with Gasteiger partial charge >= 0.3 is 0 Å². The Kier molecular flexibility index (Phi) is 2.35. The largest absolute Gasteiger partial charge is 0.300 e. The van der Waals surface area contributed by atoms with Crippen LogP contribution in [0.15, 0.2) is 0 Å². The molecule has 0 aromatic heterocycles. The van der Waals surface area contributed by atoms with Crippen molar-refractivity contribution in [2.24, 2.45) is 0 Å². The van der Waals surface area contributed by atoms with Gasteiger partial charge in [-0.15, -0.1) is 0 Å². The smallest absolute Gasteiger partial charge is 0.0820 e. The summed E-state index contributed by atoms with van der Waals surface area (Å²) in [6.45, 7) is 0. The maximum Gasteiger partial charge on any atom is 0.0820 e. The number of fused-ring (bicyclic) bond motifs is 2.